The zero-order chi connectivity index (χ0) is 17.4. The first-order valence-electron chi connectivity index (χ1n) is 7.77. The van der Waals surface area contributed by atoms with E-state index in [0.717, 1.165) is 0 Å². The first kappa shape index (κ1) is 28.4. The van der Waals surface area contributed by atoms with Gasteiger partial charge in [-0.3, -0.25) is 14.5 Å². The van der Waals surface area contributed by atoms with Crippen molar-refractivity contribution >= 4 is 36.6 Å². The van der Waals surface area contributed by atoms with Crippen molar-refractivity contribution in [3.05, 3.63) is 0 Å². The molecular weight excluding hydrogens is 355 g/mol. The molecule has 0 aliphatic carbocycles. The van der Waals surface area contributed by atoms with Gasteiger partial charge < -0.3 is 15.2 Å². The van der Waals surface area contributed by atoms with Crippen LogP contribution in [-0.2, 0) is 19.1 Å². The Labute approximate surface area is 158 Å². The fourth-order valence-corrected chi connectivity index (χ4v) is 1.68. The van der Waals surface area contributed by atoms with Gasteiger partial charge in [0.25, 0.3) is 0 Å². The van der Waals surface area contributed by atoms with Crippen LogP contribution in [0.25, 0.3) is 0 Å². The van der Waals surface area contributed by atoms with Gasteiger partial charge in [0.1, 0.15) is 0 Å². The predicted molar refractivity (Wildman–Crippen MR) is 101 cm³/mol. The molecular formula is C16H34Cl2N2O4. The van der Waals surface area contributed by atoms with Crippen LogP contribution in [0.15, 0.2) is 0 Å². The SMILES string of the molecule is CC(C)(C)OCCC(=O)N(CCN)C(=O)CCOC(C)(C)C.Cl.Cl. The summed E-state index contributed by atoms with van der Waals surface area (Å²) in [6.07, 6.45) is 0.340. The summed E-state index contributed by atoms with van der Waals surface area (Å²) in [6.45, 7) is 12.6. The van der Waals surface area contributed by atoms with Gasteiger partial charge in [-0.2, -0.15) is 0 Å². The van der Waals surface area contributed by atoms with Gasteiger partial charge in [0.2, 0.25) is 11.8 Å². The number of nitrogens with two attached hydrogens (primary N) is 1. The molecule has 0 fully saturated rings. The molecule has 146 valence electrons. The molecule has 24 heavy (non-hydrogen) atoms. The van der Waals surface area contributed by atoms with Crippen molar-refractivity contribution in [2.75, 3.05) is 26.3 Å². The minimum Gasteiger partial charge on any atom is -0.375 e. The maximum atomic E-state index is 12.1. The van der Waals surface area contributed by atoms with Crippen molar-refractivity contribution in [3.8, 4) is 0 Å². The molecule has 0 saturated heterocycles. The summed E-state index contributed by atoms with van der Waals surface area (Å²) in [6, 6.07) is 0. The number of imide groups is 1. The van der Waals surface area contributed by atoms with E-state index in [1.807, 2.05) is 41.5 Å². The number of amides is 2. The lowest BCUT2D eigenvalue weighted by atomic mass is 10.2. The molecule has 0 saturated carbocycles. The van der Waals surface area contributed by atoms with E-state index in [9.17, 15) is 9.59 Å². The van der Waals surface area contributed by atoms with E-state index in [0.29, 0.717) is 0 Å². The second kappa shape index (κ2) is 12.9. The van der Waals surface area contributed by atoms with Gasteiger partial charge in [0, 0.05) is 13.1 Å². The molecule has 0 atom stereocenters. The number of ether oxygens (including phenoxy) is 2. The standard InChI is InChI=1S/C16H32N2O4.2ClH/c1-15(2,3)21-11-7-13(19)18(10-9-17)14(20)8-12-22-16(4,5)6;;/h7-12,17H2,1-6H3;2*1H. The summed E-state index contributed by atoms with van der Waals surface area (Å²) in [5.74, 6) is -0.508. The van der Waals surface area contributed by atoms with Crippen LogP contribution in [0.5, 0.6) is 0 Å². The Kier molecular flexibility index (Phi) is 15.3. The molecule has 0 aliphatic heterocycles. The fraction of sp³-hybridized carbons (Fsp3) is 0.875. The first-order chi connectivity index (χ1) is 9.96. The van der Waals surface area contributed by atoms with Crippen molar-refractivity contribution in [3.63, 3.8) is 0 Å². The molecule has 8 heteroatoms. The van der Waals surface area contributed by atoms with Gasteiger partial charge in [0.05, 0.1) is 37.3 Å². The molecule has 0 spiro atoms. The lowest BCUT2D eigenvalue weighted by Crippen LogP contribution is -2.41. The summed E-state index contributed by atoms with van der Waals surface area (Å²) < 4.78 is 11.0. The monoisotopic (exact) mass is 388 g/mol. The normalized spacial score (nSPS) is 11.3. The second-order valence-electron chi connectivity index (χ2n) is 7.15. The molecule has 6 nitrogen and oxygen atoms in total. The van der Waals surface area contributed by atoms with Crippen molar-refractivity contribution in [1.29, 1.82) is 0 Å². The smallest absolute Gasteiger partial charge is 0.231 e. The van der Waals surface area contributed by atoms with Crippen LogP contribution in [-0.4, -0.2) is 54.2 Å². The molecule has 0 aromatic heterocycles. The number of halogens is 2. The zero-order valence-corrected chi connectivity index (χ0v) is 17.3. The van der Waals surface area contributed by atoms with Crippen LogP contribution in [0.1, 0.15) is 54.4 Å². The third-order valence-electron chi connectivity index (χ3n) is 2.66. The van der Waals surface area contributed by atoms with Crippen LogP contribution in [0.2, 0.25) is 0 Å². The molecule has 0 aromatic carbocycles. The highest BCUT2D eigenvalue weighted by atomic mass is 35.5. The first-order valence-corrected chi connectivity index (χ1v) is 7.77. The number of carbonyl (C=O) groups is 2. The van der Waals surface area contributed by atoms with Gasteiger partial charge in [-0.15, -0.1) is 24.8 Å². The van der Waals surface area contributed by atoms with E-state index < -0.39 is 0 Å². The average molecular weight is 389 g/mol. The molecule has 0 rings (SSSR count). The highest BCUT2D eigenvalue weighted by Gasteiger charge is 2.22. The Balaban J connectivity index is -0.00000220. The summed E-state index contributed by atoms with van der Waals surface area (Å²) in [5.41, 5.74) is 4.89. The molecule has 0 unspecified atom stereocenters. The molecule has 0 aromatic rings. The Bertz CT molecular complexity index is 334. The van der Waals surface area contributed by atoms with Crippen molar-refractivity contribution in [2.24, 2.45) is 5.73 Å². The van der Waals surface area contributed by atoms with E-state index in [4.69, 9.17) is 15.2 Å². The summed E-state index contributed by atoms with van der Waals surface area (Å²) in [7, 11) is 0. The molecule has 0 radical (unpaired) electrons. The Morgan fingerprint density at radius 1 is 0.833 bits per heavy atom. The third-order valence-corrected chi connectivity index (χ3v) is 2.66. The molecule has 0 aliphatic rings. The lowest BCUT2D eigenvalue weighted by Gasteiger charge is -2.24. The second-order valence-corrected chi connectivity index (χ2v) is 7.15. The molecule has 0 heterocycles. The number of nitrogens with zero attached hydrogens (tertiary/aromatic N) is 1. The van der Waals surface area contributed by atoms with E-state index >= 15 is 0 Å². The maximum absolute atomic E-state index is 12.1. The highest BCUT2D eigenvalue weighted by molar-refractivity contribution is 5.95. The predicted octanol–water partition coefficient (Wildman–Crippen LogP) is 2.55. The number of rotatable bonds is 8. The van der Waals surface area contributed by atoms with Crippen molar-refractivity contribution in [2.45, 2.75) is 65.6 Å². The maximum Gasteiger partial charge on any atom is 0.231 e. The quantitative estimate of drug-likeness (QED) is 0.690. The Hall–Kier alpha value is -0.400. The summed E-state index contributed by atoms with van der Waals surface area (Å²) in [5, 5.41) is 0. The van der Waals surface area contributed by atoms with Crippen LogP contribution in [0.4, 0.5) is 0 Å². The van der Waals surface area contributed by atoms with Crippen molar-refractivity contribution < 1.29 is 19.1 Å². The third kappa shape index (κ3) is 15.1. The van der Waals surface area contributed by atoms with Gasteiger partial charge >= 0.3 is 0 Å². The van der Waals surface area contributed by atoms with E-state index in [1.165, 1.54) is 4.90 Å². The van der Waals surface area contributed by atoms with Gasteiger partial charge in [-0.25, -0.2) is 0 Å². The largest absolute Gasteiger partial charge is 0.375 e. The summed E-state index contributed by atoms with van der Waals surface area (Å²) in [4.78, 5) is 25.5. The van der Waals surface area contributed by atoms with Gasteiger partial charge in [-0.1, -0.05) is 0 Å². The minimum absolute atomic E-state index is 0. The number of hydrogen-bond acceptors (Lipinski definition) is 5. The van der Waals surface area contributed by atoms with Crippen LogP contribution in [0, 0.1) is 0 Å². The minimum atomic E-state index is -0.302. The van der Waals surface area contributed by atoms with Gasteiger partial charge in [-0.05, 0) is 41.5 Å². The molecule has 2 amide bonds. The van der Waals surface area contributed by atoms with Crippen molar-refractivity contribution in [1.82, 2.24) is 4.90 Å². The summed E-state index contributed by atoms with van der Waals surface area (Å²) >= 11 is 0. The Morgan fingerprint density at radius 2 is 1.17 bits per heavy atom. The highest BCUT2D eigenvalue weighted by Crippen LogP contribution is 2.10. The van der Waals surface area contributed by atoms with E-state index in [2.05, 4.69) is 0 Å². The molecule has 0 bridgehead atoms. The topological polar surface area (TPSA) is 81.9 Å². The van der Waals surface area contributed by atoms with E-state index in [-0.39, 0.29) is 87.0 Å². The van der Waals surface area contributed by atoms with Crippen LogP contribution in [0.3, 0.4) is 0 Å². The van der Waals surface area contributed by atoms with Crippen LogP contribution >= 0.6 is 24.8 Å². The zero-order valence-electron chi connectivity index (χ0n) is 15.7. The van der Waals surface area contributed by atoms with E-state index in [1.54, 1.807) is 0 Å². The average Bonchev–Trinajstić information content (AvgIpc) is 2.32. The number of hydrogen-bond donors (Lipinski definition) is 1. The lowest BCUT2D eigenvalue weighted by molar-refractivity contribution is -0.147. The van der Waals surface area contributed by atoms with Crippen LogP contribution < -0.4 is 5.73 Å². The Morgan fingerprint density at radius 3 is 1.42 bits per heavy atom. The molecule has 2 N–H and O–H groups in total. The van der Waals surface area contributed by atoms with Gasteiger partial charge in [0.15, 0.2) is 0 Å². The number of carbonyl (C=O) groups excluding carboxylic acids is 2. The fourth-order valence-electron chi connectivity index (χ4n) is 1.68.